The number of primary amides is 1. The Bertz CT molecular complexity index is 580. The predicted molar refractivity (Wildman–Crippen MR) is 69.2 cm³/mol. The Morgan fingerprint density at radius 3 is 2.56 bits per heavy atom. The minimum atomic E-state index is -0.530. The molecule has 5 nitrogen and oxygen atoms in total. The Labute approximate surface area is 108 Å². The van der Waals surface area contributed by atoms with Crippen LogP contribution in [0.1, 0.15) is 10.5 Å². The summed E-state index contributed by atoms with van der Waals surface area (Å²) in [5.41, 5.74) is 6.29. The second kappa shape index (κ2) is 5.05. The predicted octanol–water partition coefficient (Wildman–Crippen LogP) is 1.93. The monoisotopic (exact) mass is 264 g/mol. The van der Waals surface area contributed by atoms with E-state index in [0.717, 1.165) is 5.56 Å². The first-order valence-corrected chi connectivity index (χ1v) is 6.01. The van der Waals surface area contributed by atoms with E-state index in [4.69, 9.17) is 15.2 Å². The van der Waals surface area contributed by atoms with Crippen molar-refractivity contribution in [2.75, 3.05) is 14.2 Å². The minimum absolute atomic E-state index is 0.268. The van der Waals surface area contributed by atoms with E-state index in [1.165, 1.54) is 11.3 Å². The summed E-state index contributed by atoms with van der Waals surface area (Å²) >= 11 is 1.36. The zero-order valence-electron chi connectivity index (χ0n) is 9.97. The molecule has 2 aromatic rings. The highest BCUT2D eigenvalue weighted by Gasteiger charge is 2.11. The maximum Gasteiger partial charge on any atom is 0.268 e. The molecule has 94 valence electrons. The molecule has 0 unspecified atom stereocenters. The van der Waals surface area contributed by atoms with Gasteiger partial charge >= 0.3 is 0 Å². The highest BCUT2D eigenvalue weighted by Crippen LogP contribution is 2.33. The summed E-state index contributed by atoms with van der Waals surface area (Å²) in [5, 5.41) is 2.35. The number of hydrogen-bond acceptors (Lipinski definition) is 5. The van der Waals surface area contributed by atoms with Crippen molar-refractivity contribution in [3.05, 3.63) is 29.3 Å². The molecule has 0 radical (unpaired) electrons. The van der Waals surface area contributed by atoms with Gasteiger partial charge in [-0.2, -0.15) is 0 Å². The van der Waals surface area contributed by atoms with Crippen molar-refractivity contribution in [1.29, 1.82) is 0 Å². The molecule has 0 saturated carbocycles. The lowest BCUT2D eigenvalue weighted by atomic mass is 10.2. The van der Waals surface area contributed by atoms with Crippen LogP contribution in [0.5, 0.6) is 11.5 Å². The van der Waals surface area contributed by atoms with E-state index in [9.17, 15) is 4.79 Å². The first-order valence-electron chi connectivity index (χ1n) is 5.13. The first kappa shape index (κ1) is 12.4. The molecule has 2 N–H and O–H groups in total. The summed E-state index contributed by atoms with van der Waals surface area (Å²) in [5.74, 6) is 0.733. The molecule has 1 amide bonds. The third-order valence-electron chi connectivity index (χ3n) is 2.39. The van der Waals surface area contributed by atoms with Crippen molar-refractivity contribution in [1.82, 2.24) is 4.98 Å². The summed E-state index contributed by atoms with van der Waals surface area (Å²) in [6.07, 6.45) is 0. The molecule has 0 fully saturated rings. The molecule has 2 rings (SSSR count). The summed E-state index contributed by atoms with van der Waals surface area (Å²) in [4.78, 5) is 15.1. The topological polar surface area (TPSA) is 74.4 Å². The van der Waals surface area contributed by atoms with Gasteiger partial charge in [0.05, 0.1) is 14.2 Å². The van der Waals surface area contributed by atoms with Crippen molar-refractivity contribution in [2.45, 2.75) is 0 Å². The molecule has 0 aliphatic carbocycles. The van der Waals surface area contributed by atoms with Crippen molar-refractivity contribution in [2.24, 2.45) is 5.73 Å². The fourth-order valence-corrected chi connectivity index (χ4v) is 2.29. The van der Waals surface area contributed by atoms with E-state index >= 15 is 0 Å². The first-order chi connectivity index (χ1) is 8.65. The lowest BCUT2D eigenvalue weighted by Crippen LogP contribution is -2.10. The van der Waals surface area contributed by atoms with Crippen LogP contribution in [0.4, 0.5) is 0 Å². The Morgan fingerprint density at radius 1 is 1.28 bits per heavy atom. The zero-order chi connectivity index (χ0) is 13.1. The van der Waals surface area contributed by atoms with E-state index in [0.29, 0.717) is 16.5 Å². The van der Waals surface area contributed by atoms with E-state index < -0.39 is 5.91 Å². The largest absolute Gasteiger partial charge is 0.493 e. The normalized spacial score (nSPS) is 10.1. The SMILES string of the molecule is COc1ccc(-c2nc(C(N)=O)cs2)cc1OC. The van der Waals surface area contributed by atoms with Crippen LogP contribution in [0.15, 0.2) is 23.6 Å². The molecular weight excluding hydrogens is 252 g/mol. The smallest absolute Gasteiger partial charge is 0.268 e. The number of ether oxygens (including phenoxy) is 2. The van der Waals surface area contributed by atoms with E-state index in [2.05, 4.69) is 4.98 Å². The van der Waals surface area contributed by atoms with Crippen LogP contribution in [-0.2, 0) is 0 Å². The molecule has 6 heteroatoms. The van der Waals surface area contributed by atoms with Crippen molar-refractivity contribution >= 4 is 17.2 Å². The van der Waals surface area contributed by atoms with Gasteiger partial charge in [0.15, 0.2) is 11.5 Å². The molecule has 0 spiro atoms. The third kappa shape index (κ3) is 2.28. The Hall–Kier alpha value is -2.08. The highest BCUT2D eigenvalue weighted by molar-refractivity contribution is 7.13. The number of benzene rings is 1. The number of rotatable bonds is 4. The lowest BCUT2D eigenvalue weighted by molar-refractivity contribution is 0.0996. The van der Waals surface area contributed by atoms with Gasteiger partial charge in [-0.15, -0.1) is 11.3 Å². The number of nitrogens with two attached hydrogens (primary N) is 1. The number of thiazole rings is 1. The quantitative estimate of drug-likeness (QED) is 0.915. The third-order valence-corrected chi connectivity index (χ3v) is 3.28. The van der Waals surface area contributed by atoms with Crippen LogP contribution in [-0.4, -0.2) is 25.1 Å². The number of amides is 1. The van der Waals surface area contributed by atoms with Crippen LogP contribution >= 0.6 is 11.3 Å². The average Bonchev–Trinajstić information content (AvgIpc) is 2.87. The second-order valence-corrected chi connectivity index (χ2v) is 4.33. The lowest BCUT2D eigenvalue weighted by Gasteiger charge is -2.08. The van der Waals surface area contributed by atoms with Gasteiger partial charge in [-0.3, -0.25) is 4.79 Å². The van der Waals surface area contributed by atoms with Crippen molar-refractivity contribution < 1.29 is 14.3 Å². The number of methoxy groups -OCH3 is 2. The number of hydrogen-bond donors (Lipinski definition) is 1. The number of nitrogens with zero attached hydrogens (tertiary/aromatic N) is 1. The molecule has 0 atom stereocenters. The van der Waals surface area contributed by atoms with Gasteiger partial charge in [-0.1, -0.05) is 0 Å². The summed E-state index contributed by atoms with van der Waals surface area (Å²) in [6.45, 7) is 0. The van der Waals surface area contributed by atoms with E-state index in [1.807, 2.05) is 12.1 Å². The fourth-order valence-electron chi connectivity index (χ4n) is 1.49. The van der Waals surface area contributed by atoms with Crippen LogP contribution in [0.2, 0.25) is 0 Å². The highest BCUT2D eigenvalue weighted by atomic mass is 32.1. The van der Waals surface area contributed by atoms with Crippen molar-refractivity contribution in [3.63, 3.8) is 0 Å². The van der Waals surface area contributed by atoms with E-state index in [1.54, 1.807) is 25.7 Å². The Balaban J connectivity index is 2.41. The average molecular weight is 264 g/mol. The minimum Gasteiger partial charge on any atom is -0.493 e. The number of carbonyl (C=O) groups excluding carboxylic acids is 1. The van der Waals surface area contributed by atoms with Crippen LogP contribution < -0.4 is 15.2 Å². The number of carbonyl (C=O) groups is 1. The molecule has 1 aromatic heterocycles. The summed E-state index contributed by atoms with van der Waals surface area (Å²) < 4.78 is 10.4. The second-order valence-electron chi connectivity index (χ2n) is 3.47. The van der Waals surface area contributed by atoms with Crippen molar-refractivity contribution in [3.8, 4) is 22.1 Å². The van der Waals surface area contributed by atoms with Gasteiger partial charge in [-0.05, 0) is 18.2 Å². The molecule has 1 aromatic carbocycles. The van der Waals surface area contributed by atoms with Gasteiger partial charge in [0.2, 0.25) is 0 Å². The van der Waals surface area contributed by atoms with Gasteiger partial charge in [0.1, 0.15) is 10.7 Å². The maximum atomic E-state index is 11.0. The zero-order valence-corrected chi connectivity index (χ0v) is 10.8. The van der Waals surface area contributed by atoms with Gasteiger partial charge in [0, 0.05) is 10.9 Å². The molecule has 0 aliphatic rings. The molecule has 1 heterocycles. The standard InChI is InChI=1S/C12H12N2O3S/c1-16-9-4-3-7(5-10(9)17-2)12-14-8(6-18-12)11(13)15/h3-6H,1-2H3,(H2,13,15). The summed E-state index contributed by atoms with van der Waals surface area (Å²) in [7, 11) is 3.14. The molecule has 0 saturated heterocycles. The van der Waals surface area contributed by atoms with Crippen LogP contribution in [0, 0.1) is 0 Å². The van der Waals surface area contributed by atoms with Crippen LogP contribution in [0.25, 0.3) is 10.6 Å². The van der Waals surface area contributed by atoms with Gasteiger partial charge in [0.25, 0.3) is 5.91 Å². The van der Waals surface area contributed by atoms with Gasteiger partial charge in [-0.25, -0.2) is 4.98 Å². The van der Waals surface area contributed by atoms with Crippen LogP contribution in [0.3, 0.4) is 0 Å². The molecule has 18 heavy (non-hydrogen) atoms. The Kier molecular flexibility index (Phi) is 3.47. The van der Waals surface area contributed by atoms with Gasteiger partial charge < -0.3 is 15.2 Å². The molecule has 0 aliphatic heterocycles. The fraction of sp³-hybridized carbons (Fsp3) is 0.167. The Morgan fingerprint density at radius 2 is 2.00 bits per heavy atom. The molecular formula is C12H12N2O3S. The maximum absolute atomic E-state index is 11.0. The van der Waals surface area contributed by atoms with E-state index in [-0.39, 0.29) is 5.69 Å². The molecule has 0 bridgehead atoms. The number of aromatic nitrogens is 1. The summed E-state index contributed by atoms with van der Waals surface area (Å²) in [6, 6.07) is 5.45.